The Morgan fingerprint density at radius 3 is 2.73 bits per heavy atom. The molecule has 0 bridgehead atoms. The molecule has 2 N–H and O–H groups in total. The monoisotopic (exact) mass is 370 g/mol. The molecule has 0 spiro atoms. The normalized spacial score (nSPS) is 15.4. The predicted molar refractivity (Wildman–Crippen MR) is 99.2 cm³/mol. The van der Waals surface area contributed by atoms with Gasteiger partial charge in [0.05, 0.1) is 13.7 Å². The summed E-state index contributed by atoms with van der Waals surface area (Å²) in [7, 11) is 1.53. The lowest BCUT2D eigenvalue weighted by molar-refractivity contribution is 0.340. The van der Waals surface area contributed by atoms with Crippen LogP contribution in [-0.4, -0.2) is 33.7 Å². The van der Waals surface area contributed by atoms with Crippen molar-refractivity contribution in [3.05, 3.63) is 48.0 Å². The summed E-state index contributed by atoms with van der Waals surface area (Å²) in [5.41, 5.74) is 5.32. The van der Waals surface area contributed by atoms with Crippen LogP contribution in [0.3, 0.4) is 0 Å². The number of benzene rings is 2. The van der Waals surface area contributed by atoms with Gasteiger partial charge in [-0.15, -0.1) is 10.2 Å². The highest BCUT2D eigenvalue weighted by atomic mass is 32.2. The number of rotatable bonds is 5. The smallest absolute Gasteiger partial charge is 0.212 e. The minimum absolute atomic E-state index is 0.0450. The minimum Gasteiger partial charge on any atom is -0.504 e. The van der Waals surface area contributed by atoms with Gasteiger partial charge in [0.1, 0.15) is 11.1 Å². The van der Waals surface area contributed by atoms with E-state index in [1.807, 2.05) is 48.0 Å². The second kappa shape index (κ2) is 6.80. The van der Waals surface area contributed by atoms with Crippen LogP contribution in [0.1, 0.15) is 17.9 Å². The van der Waals surface area contributed by atoms with Crippen LogP contribution in [0.5, 0.6) is 17.2 Å². The molecule has 0 fully saturated rings. The summed E-state index contributed by atoms with van der Waals surface area (Å²) in [4.78, 5) is 0. The first-order valence-electron chi connectivity index (χ1n) is 8.18. The molecule has 3 aromatic rings. The number of phenolic OH excluding ortho intramolecular Hbond substituents is 1. The summed E-state index contributed by atoms with van der Waals surface area (Å²) in [6, 6.07) is 13.1. The van der Waals surface area contributed by atoms with E-state index in [1.54, 1.807) is 17.8 Å². The highest BCUT2D eigenvalue weighted by molar-refractivity contribution is 7.99. The van der Waals surface area contributed by atoms with Gasteiger partial charge in [-0.25, -0.2) is 4.68 Å². The maximum absolute atomic E-state index is 9.77. The third-order valence-electron chi connectivity index (χ3n) is 4.03. The molecule has 0 aliphatic carbocycles. The zero-order valence-electron chi connectivity index (χ0n) is 14.3. The van der Waals surface area contributed by atoms with E-state index < -0.39 is 0 Å². The summed E-state index contributed by atoms with van der Waals surface area (Å²) in [5.74, 6) is 2.13. The van der Waals surface area contributed by atoms with Gasteiger partial charge in [0.2, 0.25) is 5.16 Å². The van der Waals surface area contributed by atoms with Crippen molar-refractivity contribution in [3.63, 3.8) is 0 Å². The van der Waals surface area contributed by atoms with E-state index in [9.17, 15) is 5.11 Å². The molecule has 2 aromatic carbocycles. The van der Waals surface area contributed by atoms with Crippen molar-refractivity contribution in [2.75, 3.05) is 19.1 Å². The fraction of sp³-hybridized carbons (Fsp3) is 0.222. The number of aromatic nitrogens is 3. The molecule has 2 heterocycles. The lowest BCUT2D eigenvalue weighted by Crippen LogP contribution is -2.13. The molecule has 134 valence electrons. The number of nitrogens with zero attached hydrogens (tertiary/aromatic N) is 3. The van der Waals surface area contributed by atoms with Crippen LogP contribution in [0.15, 0.2) is 47.6 Å². The largest absolute Gasteiger partial charge is 0.504 e. The molecule has 1 atom stereocenters. The topological polar surface area (TPSA) is 81.4 Å². The number of hydrogen-bond donors (Lipinski definition) is 2. The summed E-state index contributed by atoms with van der Waals surface area (Å²) in [6.45, 7) is 2.59. The Kier molecular flexibility index (Phi) is 4.34. The summed E-state index contributed by atoms with van der Waals surface area (Å²) in [5, 5.41) is 19.1. The van der Waals surface area contributed by atoms with Gasteiger partial charge in [-0.3, -0.25) is 0 Å². The lowest BCUT2D eigenvalue weighted by Gasteiger charge is -2.14. The molecule has 7 nitrogen and oxygen atoms in total. The number of fused-ring (bicyclic) bond motifs is 1. The van der Waals surface area contributed by atoms with Crippen molar-refractivity contribution in [1.29, 1.82) is 0 Å². The highest BCUT2D eigenvalue weighted by Gasteiger charge is 2.28. The predicted octanol–water partition coefficient (Wildman–Crippen LogP) is 3.41. The third kappa shape index (κ3) is 2.92. The molecule has 0 saturated carbocycles. The van der Waals surface area contributed by atoms with Crippen molar-refractivity contribution in [3.8, 4) is 28.6 Å². The summed E-state index contributed by atoms with van der Waals surface area (Å²) >= 11 is 1.56. The molecule has 0 radical (unpaired) electrons. The standard InChI is InChI=1S/C18H18N4O3S/c1-3-25-13-7-4-11(5-8-13)16-19-20-18-22(16)21-17(26-18)12-6-9-14(23)15(10-12)24-2/h4-10,17,21,23H,3H2,1-2H3/t17-/m1/s1. The molecule has 1 aliphatic heterocycles. The van der Waals surface area contributed by atoms with Gasteiger partial charge in [0, 0.05) is 5.56 Å². The zero-order valence-corrected chi connectivity index (χ0v) is 15.2. The van der Waals surface area contributed by atoms with E-state index >= 15 is 0 Å². The Morgan fingerprint density at radius 1 is 1.19 bits per heavy atom. The van der Waals surface area contributed by atoms with Crippen LogP contribution >= 0.6 is 11.8 Å². The van der Waals surface area contributed by atoms with Gasteiger partial charge in [0.15, 0.2) is 17.3 Å². The SMILES string of the molecule is CCOc1ccc(-c2nnc3n2N[C@@H](c2ccc(O)c(OC)c2)S3)cc1. The van der Waals surface area contributed by atoms with Crippen molar-refractivity contribution < 1.29 is 14.6 Å². The molecule has 0 unspecified atom stereocenters. The maximum atomic E-state index is 9.77. The van der Waals surface area contributed by atoms with Gasteiger partial charge < -0.3 is 20.0 Å². The zero-order chi connectivity index (χ0) is 18.1. The van der Waals surface area contributed by atoms with E-state index in [-0.39, 0.29) is 11.1 Å². The van der Waals surface area contributed by atoms with Crippen LogP contribution in [0.4, 0.5) is 0 Å². The molecular weight excluding hydrogens is 352 g/mol. The van der Waals surface area contributed by atoms with Crippen LogP contribution < -0.4 is 14.9 Å². The molecule has 8 heteroatoms. The third-order valence-corrected chi connectivity index (χ3v) is 5.12. The number of nitrogens with one attached hydrogen (secondary N) is 1. The first-order valence-corrected chi connectivity index (χ1v) is 9.06. The van der Waals surface area contributed by atoms with E-state index in [4.69, 9.17) is 9.47 Å². The van der Waals surface area contributed by atoms with E-state index in [1.165, 1.54) is 7.11 Å². The van der Waals surface area contributed by atoms with Gasteiger partial charge in [-0.05, 0) is 48.9 Å². The summed E-state index contributed by atoms with van der Waals surface area (Å²) < 4.78 is 12.6. The van der Waals surface area contributed by atoms with Crippen LogP contribution in [0.25, 0.3) is 11.4 Å². The van der Waals surface area contributed by atoms with Crippen molar-refractivity contribution in [2.24, 2.45) is 0 Å². The number of hydrogen-bond acceptors (Lipinski definition) is 7. The maximum Gasteiger partial charge on any atom is 0.212 e. The summed E-state index contributed by atoms with van der Waals surface area (Å²) in [6.07, 6.45) is 0. The van der Waals surface area contributed by atoms with E-state index in [0.717, 1.165) is 27.9 Å². The van der Waals surface area contributed by atoms with Gasteiger partial charge in [0.25, 0.3) is 0 Å². The minimum atomic E-state index is -0.0450. The first-order chi connectivity index (χ1) is 12.7. The Bertz CT molecular complexity index is 927. The Balaban J connectivity index is 1.59. The second-order valence-corrected chi connectivity index (χ2v) is 6.73. The number of aromatic hydroxyl groups is 1. The average Bonchev–Trinajstić information content (AvgIpc) is 3.24. The molecule has 0 saturated heterocycles. The lowest BCUT2D eigenvalue weighted by atomic mass is 10.2. The van der Waals surface area contributed by atoms with Gasteiger partial charge in [-0.2, -0.15) is 0 Å². The number of methoxy groups -OCH3 is 1. The molecule has 1 aliphatic rings. The highest BCUT2D eigenvalue weighted by Crippen LogP contribution is 2.42. The quantitative estimate of drug-likeness (QED) is 0.712. The molecule has 4 rings (SSSR count). The number of phenols is 1. The van der Waals surface area contributed by atoms with Crippen molar-refractivity contribution in [1.82, 2.24) is 14.9 Å². The molecule has 1 aromatic heterocycles. The molecular formula is C18H18N4O3S. The first kappa shape index (κ1) is 16.6. The van der Waals surface area contributed by atoms with E-state index in [2.05, 4.69) is 15.6 Å². The van der Waals surface area contributed by atoms with Gasteiger partial charge in [-0.1, -0.05) is 17.8 Å². The van der Waals surface area contributed by atoms with Crippen LogP contribution in [-0.2, 0) is 0 Å². The average molecular weight is 370 g/mol. The Labute approximate surface area is 154 Å². The number of ether oxygens (including phenoxy) is 2. The fourth-order valence-corrected chi connectivity index (χ4v) is 3.75. The Hall–Kier alpha value is -2.87. The van der Waals surface area contributed by atoms with Gasteiger partial charge >= 0.3 is 0 Å². The number of thioether (sulfide) groups is 1. The van der Waals surface area contributed by atoms with Crippen LogP contribution in [0, 0.1) is 0 Å². The molecule has 0 amide bonds. The van der Waals surface area contributed by atoms with Crippen molar-refractivity contribution >= 4 is 11.8 Å². The van der Waals surface area contributed by atoms with Crippen molar-refractivity contribution in [2.45, 2.75) is 17.5 Å². The Morgan fingerprint density at radius 2 is 2.00 bits per heavy atom. The van der Waals surface area contributed by atoms with E-state index in [0.29, 0.717) is 12.4 Å². The second-order valence-electron chi connectivity index (χ2n) is 5.66. The molecule has 26 heavy (non-hydrogen) atoms. The van der Waals surface area contributed by atoms with Crippen LogP contribution in [0.2, 0.25) is 0 Å². The fourth-order valence-electron chi connectivity index (χ4n) is 2.77.